The molecule has 0 saturated carbocycles. The standard InChI is InChI=1S/C22H27NO7/c1-12(2)29-21(27)14-9-15(22(28)30-13(3)4)11-16(10-14)23-19(24)17-7-5-6-8-18(17)20(25)26/h5-6,9-13,17-18H,7-8H2,1-4H3,(H,23,24)(H,25,26)/t17-,18+/m0/s1. The van der Waals surface area contributed by atoms with Gasteiger partial charge in [-0.15, -0.1) is 0 Å². The first-order valence-electron chi connectivity index (χ1n) is 9.84. The number of aliphatic carboxylic acids is 1. The van der Waals surface area contributed by atoms with E-state index in [4.69, 9.17) is 9.47 Å². The smallest absolute Gasteiger partial charge is 0.338 e. The van der Waals surface area contributed by atoms with Crippen LogP contribution in [0.25, 0.3) is 0 Å². The largest absolute Gasteiger partial charge is 0.481 e. The summed E-state index contributed by atoms with van der Waals surface area (Å²) in [5.41, 5.74) is 0.346. The Morgan fingerprint density at radius 3 is 1.77 bits per heavy atom. The van der Waals surface area contributed by atoms with Crippen molar-refractivity contribution < 1.29 is 33.8 Å². The Hall–Kier alpha value is -3.16. The molecule has 8 heteroatoms. The summed E-state index contributed by atoms with van der Waals surface area (Å²) in [6.45, 7) is 6.78. The van der Waals surface area contributed by atoms with E-state index < -0.39 is 35.7 Å². The molecule has 1 aromatic rings. The molecule has 0 spiro atoms. The number of esters is 2. The van der Waals surface area contributed by atoms with Gasteiger partial charge >= 0.3 is 17.9 Å². The number of carbonyl (C=O) groups excluding carboxylic acids is 3. The van der Waals surface area contributed by atoms with E-state index in [9.17, 15) is 24.3 Å². The molecule has 2 N–H and O–H groups in total. The van der Waals surface area contributed by atoms with Crippen LogP contribution in [0.15, 0.2) is 30.4 Å². The van der Waals surface area contributed by atoms with Crippen LogP contribution in [0, 0.1) is 11.8 Å². The van der Waals surface area contributed by atoms with Crippen LogP contribution < -0.4 is 5.32 Å². The number of amides is 1. The number of allylic oxidation sites excluding steroid dienone is 2. The number of carboxylic acid groups (broad SMARTS) is 1. The molecule has 0 aliphatic heterocycles. The van der Waals surface area contributed by atoms with Gasteiger partial charge in [-0.1, -0.05) is 12.2 Å². The number of hydrogen-bond donors (Lipinski definition) is 2. The monoisotopic (exact) mass is 417 g/mol. The lowest BCUT2D eigenvalue weighted by atomic mass is 9.82. The van der Waals surface area contributed by atoms with Crippen LogP contribution in [-0.2, 0) is 19.1 Å². The van der Waals surface area contributed by atoms with E-state index in [2.05, 4.69) is 5.32 Å². The zero-order valence-corrected chi connectivity index (χ0v) is 17.5. The van der Waals surface area contributed by atoms with Crippen LogP contribution in [0.5, 0.6) is 0 Å². The van der Waals surface area contributed by atoms with Crippen molar-refractivity contribution in [2.75, 3.05) is 5.32 Å². The van der Waals surface area contributed by atoms with Gasteiger partial charge < -0.3 is 19.9 Å². The predicted octanol–water partition coefficient (Wildman–Crippen LogP) is 3.42. The number of hydrogen-bond acceptors (Lipinski definition) is 6. The summed E-state index contributed by atoms with van der Waals surface area (Å²) >= 11 is 0. The third-order valence-electron chi connectivity index (χ3n) is 4.44. The fraction of sp³-hybridized carbons (Fsp3) is 0.455. The average Bonchev–Trinajstić information content (AvgIpc) is 2.66. The molecule has 0 heterocycles. The fourth-order valence-electron chi connectivity index (χ4n) is 3.11. The summed E-state index contributed by atoms with van der Waals surface area (Å²) < 4.78 is 10.4. The third-order valence-corrected chi connectivity index (χ3v) is 4.44. The minimum Gasteiger partial charge on any atom is -0.481 e. The number of carboxylic acids is 1. The van der Waals surface area contributed by atoms with Gasteiger partial charge in [0.25, 0.3) is 0 Å². The molecule has 0 saturated heterocycles. The number of benzene rings is 1. The zero-order chi connectivity index (χ0) is 22.4. The van der Waals surface area contributed by atoms with Crippen LogP contribution in [0.2, 0.25) is 0 Å². The maximum Gasteiger partial charge on any atom is 0.338 e. The molecule has 1 amide bonds. The molecule has 2 rings (SSSR count). The van der Waals surface area contributed by atoms with Crippen LogP contribution in [0.3, 0.4) is 0 Å². The molecule has 30 heavy (non-hydrogen) atoms. The third kappa shape index (κ3) is 6.17. The van der Waals surface area contributed by atoms with Crippen molar-refractivity contribution in [2.45, 2.75) is 52.7 Å². The van der Waals surface area contributed by atoms with Gasteiger partial charge in [-0.25, -0.2) is 9.59 Å². The lowest BCUT2D eigenvalue weighted by Gasteiger charge is -2.24. The second-order valence-electron chi connectivity index (χ2n) is 7.69. The summed E-state index contributed by atoms with van der Waals surface area (Å²) in [7, 11) is 0. The number of anilines is 1. The summed E-state index contributed by atoms with van der Waals surface area (Å²) in [6.07, 6.45) is 3.33. The minimum absolute atomic E-state index is 0.0792. The van der Waals surface area contributed by atoms with Gasteiger partial charge in [0.15, 0.2) is 0 Å². The second kappa shape index (κ2) is 10.0. The summed E-state index contributed by atoms with van der Waals surface area (Å²) in [5, 5.41) is 12.0. The fourth-order valence-corrected chi connectivity index (χ4v) is 3.11. The highest BCUT2D eigenvalue weighted by molar-refractivity contribution is 6.00. The molecular weight excluding hydrogens is 390 g/mol. The van der Waals surface area contributed by atoms with Gasteiger partial charge in [-0.2, -0.15) is 0 Å². The Balaban J connectivity index is 2.33. The molecule has 0 radical (unpaired) electrons. The van der Waals surface area contributed by atoms with E-state index in [1.54, 1.807) is 39.8 Å². The second-order valence-corrected chi connectivity index (χ2v) is 7.69. The molecule has 162 valence electrons. The molecule has 1 aliphatic carbocycles. The first-order chi connectivity index (χ1) is 14.1. The number of ether oxygens (including phenoxy) is 2. The minimum atomic E-state index is -1.05. The molecule has 0 aromatic heterocycles. The molecule has 0 bridgehead atoms. The van der Waals surface area contributed by atoms with Gasteiger partial charge in [0.05, 0.1) is 35.2 Å². The maximum absolute atomic E-state index is 12.8. The van der Waals surface area contributed by atoms with Crippen molar-refractivity contribution in [3.05, 3.63) is 41.5 Å². The topological polar surface area (TPSA) is 119 Å². The van der Waals surface area contributed by atoms with E-state index in [0.29, 0.717) is 6.42 Å². The van der Waals surface area contributed by atoms with Crippen molar-refractivity contribution in [1.29, 1.82) is 0 Å². The van der Waals surface area contributed by atoms with E-state index in [1.807, 2.05) is 0 Å². The highest BCUT2D eigenvalue weighted by atomic mass is 16.5. The SMILES string of the molecule is CC(C)OC(=O)c1cc(NC(=O)[C@H]2CC=CC[C@H]2C(=O)O)cc(C(=O)OC(C)C)c1. The highest BCUT2D eigenvalue weighted by Gasteiger charge is 2.34. The van der Waals surface area contributed by atoms with Gasteiger partial charge in [0.2, 0.25) is 5.91 Å². The Morgan fingerprint density at radius 1 is 0.867 bits per heavy atom. The molecule has 2 atom stereocenters. The van der Waals surface area contributed by atoms with E-state index in [1.165, 1.54) is 18.2 Å². The van der Waals surface area contributed by atoms with Crippen LogP contribution in [0.1, 0.15) is 61.3 Å². The van der Waals surface area contributed by atoms with Gasteiger partial charge in [0.1, 0.15) is 0 Å². The maximum atomic E-state index is 12.8. The Bertz CT molecular complexity index is 817. The number of rotatable bonds is 7. The number of nitrogens with one attached hydrogen (secondary N) is 1. The molecule has 0 unspecified atom stereocenters. The first-order valence-corrected chi connectivity index (χ1v) is 9.84. The molecule has 1 aliphatic rings. The average molecular weight is 417 g/mol. The summed E-state index contributed by atoms with van der Waals surface area (Å²) in [6, 6.07) is 4.13. The van der Waals surface area contributed by atoms with Crippen LogP contribution in [0.4, 0.5) is 5.69 Å². The van der Waals surface area contributed by atoms with E-state index in [-0.39, 0.29) is 35.4 Å². The van der Waals surface area contributed by atoms with Crippen molar-refractivity contribution in [1.82, 2.24) is 0 Å². The van der Waals surface area contributed by atoms with Gasteiger partial charge in [-0.3, -0.25) is 9.59 Å². The highest BCUT2D eigenvalue weighted by Crippen LogP contribution is 2.28. The van der Waals surface area contributed by atoms with Crippen molar-refractivity contribution >= 4 is 29.5 Å². The van der Waals surface area contributed by atoms with Gasteiger partial charge in [0, 0.05) is 5.69 Å². The van der Waals surface area contributed by atoms with E-state index in [0.717, 1.165) is 0 Å². The Labute approximate surface area is 175 Å². The normalized spacial score (nSPS) is 18.2. The van der Waals surface area contributed by atoms with Crippen LogP contribution >= 0.6 is 0 Å². The molecule has 0 fully saturated rings. The zero-order valence-electron chi connectivity index (χ0n) is 17.5. The molecule has 1 aromatic carbocycles. The molecular formula is C22H27NO7. The first kappa shape index (κ1) is 23.1. The lowest BCUT2D eigenvalue weighted by Crippen LogP contribution is -2.34. The Kier molecular flexibility index (Phi) is 7.74. The van der Waals surface area contributed by atoms with E-state index >= 15 is 0 Å². The van der Waals surface area contributed by atoms with Crippen molar-refractivity contribution in [3.63, 3.8) is 0 Å². The Morgan fingerprint density at radius 2 is 1.33 bits per heavy atom. The lowest BCUT2D eigenvalue weighted by molar-refractivity contribution is -0.146. The molecule has 8 nitrogen and oxygen atoms in total. The van der Waals surface area contributed by atoms with Crippen molar-refractivity contribution in [2.24, 2.45) is 11.8 Å². The quantitative estimate of drug-likeness (QED) is 0.515. The summed E-state index contributed by atoms with van der Waals surface area (Å²) in [5.74, 6) is -4.44. The predicted molar refractivity (Wildman–Crippen MR) is 109 cm³/mol. The number of carbonyl (C=O) groups is 4. The van der Waals surface area contributed by atoms with Crippen LogP contribution in [-0.4, -0.2) is 41.1 Å². The van der Waals surface area contributed by atoms with Gasteiger partial charge in [-0.05, 0) is 58.7 Å². The summed E-state index contributed by atoms with van der Waals surface area (Å²) in [4.78, 5) is 49.0. The van der Waals surface area contributed by atoms with Crippen molar-refractivity contribution in [3.8, 4) is 0 Å².